The van der Waals surface area contributed by atoms with Gasteiger partial charge in [-0.2, -0.15) is 0 Å². The Morgan fingerprint density at radius 1 is 1.29 bits per heavy atom. The summed E-state index contributed by atoms with van der Waals surface area (Å²) < 4.78 is 6.03. The summed E-state index contributed by atoms with van der Waals surface area (Å²) in [7, 11) is -1.47. The normalized spacial score (nSPS) is 14.0. The third-order valence-corrected chi connectivity index (χ3v) is 7.75. The first-order valence-electron chi connectivity index (χ1n) is 5.55. The molecule has 0 aliphatic carbocycles. The molecule has 0 aromatic carbocycles. The summed E-state index contributed by atoms with van der Waals surface area (Å²) in [6.45, 7) is 11.1. The Labute approximate surface area is 89.1 Å². The largest absolute Gasteiger partial charge is 0.416 e. The van der Waals surface area contributed by atoms with Crippen LogP contribution in [-0.2, 0) is 4.43 Å². The van der Waals surface area contributed by atoms with Crippen LogP contribution in [-0.4, -0.2) is 26.6 Å². The summed E-state index contributed by atoms with van der Waals surface area (Å²) >= 11 is 0. The molecule has 0 heterocycles. The van der Waals surface area contributed by atoms with E-state index in [1.165, 1.54) is 0 Å². The second kappa shape index (κ2) is 7.21. The highest BCUT2D eigenvalue weighted by Gasteiger charge is 2.29. The molecule has 0 aromatic rings. The highest BCUT2D eigenvalue weighted by Crippen LogP contribution is 2.22. The van der Waals surface area contributed by atoms with E-state index in [0.29, 0.717) is 6.61 Å². The van der Waals surface area contributed by atoms with Crippen molar-refractivity contribution < 1.29 is 9.53 Å². The van der Waals surface area contributed by atoms with Crippen molar-refractivity contribution in [2.75, 3.05) is 13.2 Å². The van der Waals surface area contributed by atoms with E-state index in [0.717, 1.165) is 18.1 Å². The molecular weight excluding hydrogens is 192 g/mol. The minimum atomic E-state index is -1.47. The van der Waals surface area contributed by atoms with Crippen LogP contribution in [0, 0.1) is 5.92 Å². The zero-order valence-corrected chi connectivity index (χ0v) is 10.8. The van der Waals surface area contributed by atoms with Crippen molar-refractivity contribution in [3.63, 3.8) is 0 Å². The predicted octanol–water partition coefficient (Wildman–Crippen LogP) is 2.80. The molecule has 0 spiro atoms. The van der Waals surface area contributed by atoms with Crippen molar-refractivity contribution in [3.05, 3.63) is 12.7 Å². The Bertz CT molecular complexity index is 147. The van der Waals surface area contributed by atoms with Crippen LogP contribution in [0.2, 0.25) is 18.1 Å². The monoisotopic (exact) mass is 216 g/mol. The predicted molar refractivity (Wildman–Crippen MR) is 63.9 cm³/mol. The minimum absolute atomic E-state index is 0.103. The number of aliphatic hydroxyl groups is 1. The van der Waals surface area contributed by atoms with Crippen molar-refractivity contribution in [2.45, 2.75) is 38.9 Å². The number of hydrogen-bond acceptors (Lipinski definition) is 2. The lowest BCUT2D eigenvalue weighted by atomic mass is 10.2. The molecule has 0 rings (SSSR count). The molecular formula is C11H24O2Si. The smallest absolute Gasteiger partial charge is 0.192 e. The van der Waals surface area contributed by atoms with Crippen molar-refractivity contribution in [1.29, 1.82) is 0 Å². The van der Waals surface area contributed by atoms with E-state index in [-0.39, 0.29) is 12.5 Å². The highest BCUT2D eigenvalue weighted by molar-refractivity contribution is 6.73. The lowest BCUT2D eigenvalue weighted by Crippen LogP contribution is -2.37. The van der Waals surface area contributed by atoms with Crippen LogP contribution in [0.4, 0.5) is 0 Å². The maximum Gasteiger partial charge on any atom is 0.192 e. The van der Waals surface area contributed by atoms with Gasteiger partial charge < -0.3 is 9.53 Å². The molecule has 0 radical (unpaired) electrons. The van der Waals surface area contributed by atoms with Gasteiger partial charge in [0.15, 0.2) is 8.32 Å². The van der Waals surface area contributed by atoms with E-state index < -0.39 is 8.32 Å². The van der Waals surface area contributed by atoms with Crippen LogP contribution in [0.5, 0.6) is 0 Å². The Hall–Kier alpha value is -0.123. The summed E-state index contributed by atoms with van der Waals surface area (Å²) in [5, 5.41) is 9.01. The van der Waals surface area contributed by atoms with E-state index >= 15 is 0 Å². The van der Waals surface area contributed by atoms with Gasteiger partial charge in [-0.15, -0.1) is 6.58 Å². The van der Waals surface area contributed by atoms with Crippen LogP contribution in [0.25, 0.3) is 0 Å². The summed E-state index contributed by atoms with van der Waals surface area (Å²) in [5.41, 5.74) is 0. The zero-order valence-electron chi connectivity index (χ0n) is 9.75. The van der Waals surface area contributed by atoms with Gasteiger partial charge in [0, 0.05) is 12.5 Å². The fourth-order valence-corrected chi connectivity index (χ4v) is 4.22. The van der Waals surface area contributed by atoms with Crippen LogP contribution < -0.4 is 0 Å². The van der Waals surface area contributed by atoms with Crippen molar-refractivity contribution in [2.24, 2.45) is 5.92 Å². The molecule has 1 N–H and O–H groups in total. The van der Waals surface area contributed by atoms with E-state index in [4.69, 9.17) is 9.53 Å². The lowest BCUT2D eigenvalue weighted by Gasteiger charge is -2.29. The van der Waals surface area contributed by atoms with Gasteiger partial charge in [0.25, 0.3) is 0 Å². The molecule has 0 bridgehead atoms. The summed E-state index contributed by atoms with van der Waals surface area (Å²) in [6.07, 6.45) is 1.78. The number of aliphatic hydroxyl groups excluding tert-OH is 1. The van der Waals surface area contributed by atoms with E-state index in [1.807, 2.05) is 0 Å². The van der Waals surface area contributed by atoms with Crippen LogP contribution in [0.3, 0.4) is 0 Å². The second-order valence-electron chi connectivity index (χ2n) is 3.73. The molecule has 2 nitrogen and oxygen atoms in total. The molecule has 0 fully saturated rings. The quantitative estimate of drug-likeness (QED) is 0.499. The third-order valence-electron chi connectivity index (χ3n) is 3.10. The molecule has 1 atom stereocenters. The highest BCUT2D eigenvalue weighted by atomic mass is 28.4. The first-order valence-corrected chi connectivity index (χ1v) is 8.08. The van der Waals surface area contributed by atoms with E-state index in [9.17, 15) is 0 Å². The van der Waals surface area contributed by atoms with Gasteiger partial charge in [-0.05, 0) is 18.1 Å². The number of hydrogen-bond donors (Lipinski definition) is 1. The number of rotatable bonds is 8. The molecule has 14 heavy (non-hydrogen) atoms. The van der Waals surface area contributed by atoms with Crippen LogP contribution in [0.15, 0.2) is 12.7 Å². The molecule has 3 heteroatoms. The average molecular weight is 216 g/mol. The summed E-state index contributed by atoms with van der Waals surface area (Å²) in [4.78, 5) is 0. The Morgan fingerprint density at radius 3 is 2.07 bits per heavy atom. The Morgan fingerprint density at radius 2 is 1.79 bits per heavy atom. The average Bonchev–Trinajstić information content (AvgIpc) is 2.26. The van der Waals surface area contributed by atoms with Gasteiger partial charge in [0.2, 0.25) is 0 Å². The van der Waals surface area contributed by atoms with E-state index in [1.54, 1.807) is 6.08 Å². The standard InChI is InChI=1S/C11H24O2Si/c1-5-11(9-12)10-13-14(6-2,7-3)8-4/h5,11-12H,1,6-10H2,2-4H3. The molecule has 0 aliphatic rings. The second-order valence-corrected chi connectivity index (χ2v) is 8.51. The van der Waals surface area contributed by atoms with E-state index in [2.05, 4.69) is 27.4 Å². The van der Waals surface area contributed by atoms with Gasteiger partial charge in [-0.25, -0.2) is 0 Å². The first kappa shape index (κ1) is 13.9. The van der Waals surface area contributed by atoms with Gasteiger partial charge in [0.05, 0.1) is 6.61 Å². The Balaban J connectivity index is 4.10. The lowest BCUT2D eigenvalue weighted by molar-refractivity contribution is 0.183. The maximum atomic E-state index is 9.01. The van der Waals surface area contributed by atoms with Crippen molar-refractivity contribution in [1.82, 2.24) is 0 Å². The van der Waals surface area contributed by atoms with Gasteiger partial charge in [-0.1, -0.05) is 26.8 Å². The molecule has 0 aromatic heterocycles. The zero-order chi connectivity index (χ0) is 11.0. The van der Waals surface area contributed by atoms with Gasteiger partial charge in [0.1, 0.15) is 0 Å². The molecule has 0 saturated carbocycles. The van der Waals surface area contributed by atoms with Crippen LogP contribution in [0.1, 0.15) is 20.8 Å². The van der Waals surface area contributed by atoms with Crippen molar-refractivity contribution in [3.8, 4) is 0 Å². The fraction of sp³-hybridized carbons (Fsp3) is 0.818. The SMILES string of the molecule is C=CC(CO)CO[Si](CC)(CC)CC. The van der Waals surface area contributed by atoms with Gasteiger partial charge in [-0.3, -0.25) is 0 Å². The third kappa shape index (κ3) is 3.94. The molecule has 0 amide bonds. The molecule has 1 unspecified atom stereocenters. The molecule has 84 valence electrons. The van der Waals surface area contributed by atoms with Gasteiger partial charge >= 0.3 is 0 Å². The summed E-state index contributed by atoms with van der Waals surface area (Å²) in [6, 6.07) is 3.49. The minimum Gasteiger partial charge on any atom is -0.416 e. The van der Waals surface area contributed by atoms with Crippen LogP contribution >= 0.6 is 0 Å². The summed E-state index contributed by atoms with van der Waals surface area (Å²) in [5.74, 6) is 0.103. The van der Waals surface area contributed by atoms with Crippen molar-refractivity contribution >= 4 is 8.32 Å². The first-order chi connectivity index (χ1) is 6.67. The fourth-order valence-electron chi connectivity index (χ4n) is 1.54. The molecule has 0 aliphatic heterocycles. The Kier molecular flexibility index (Phi) is 7.14. The maximum absolute atomic E-state index is 9.01. The molecule has 0 saturated heterocycles. The topological polar surface area (TPSA) is 29.5 Å².